The molecule has 22 heavy (non-hydrogen) atoms. The Morgan fingerprint density at radius 3 is 2.00 bits per heavy atom. The van der Waals surface area contributed by atoms with Crippen molar-refractivity contribution in [2.24, 2.45) is 15.9 Å². The van der Waals surface area contributed by atoms with Crippen LogP contribution in [0.15, 0.2) is 28.2 Å². The molecule has 0 saturated heterocycles. The van der Waals surface area contributed by atoms with Gasteiger partial charge in [-0.2, -0.15) is 0 Å². The largest absolute Gasteiger partial charge is 0.474 e. The van der Waals surface area contributed by atoms with E-state index in [9.17, 15) is 0 Å². The van der Waals surface area contributed by atoms with Crippen LogP contribution in [0, 0.1) is 5.92 Å². The quantitative estimate of drug-likeness (QED) is 0.564. The summed E-state index contributed by atoms with van der Waals surface area (Å²) in [6.07, 6.45) is 0. The Balaban J connectivity index is 1.82. The molecule has 6 heteroatoms. The number of ether oxygens (including phenoxy) is 2. The Morgan fingerprint density at radius 1 is 1.00 bits per heavy atom. The maximum absolute atomic E-state index is 5.70. The van der Waals surface area contributed by atoms with Gasteiger partial charge in [0.05, 0.1) is 12.1 Å². The molecule has 1 aromatic rings. The maximum Gasteiger partial charge on any atom is 0.235 e. The zero-order chi connectivity index (χ0) is 15.7. The van der Waals surface area contributed by atoms with Gasteiger partial charge in [-0.3, -0.25) is 0 Å². The molecule has 0 N–H and O–H groups in total. The Morgan fingerprint density at radius 2 is 1.55 bits per heavy atom. The highest BCUT2D eigenvalue weighted by Gasteiger charge is 2.26. The van der Waals surface area contributed by atoms with Crippen molar-refractivity contribution in [1.29, 1.82) is 0 Å². The summed E-state index contributed by atoms with van der Waals surface area (Å²) in [5, 5.41) is 0. The van der Waals surface area contributed by atoms with Crippen molar-refractivity contribution in [3.8, 4) is 0 Å². The Labute approximate surface area is 144 Å². The van der Waals surface area contributed by atoms with E-state index in [1.807, 2.05) is 18.2 Å². The van der Waals surface area contributed by atoms with E-state index in [0.717, 1.165) is 11.4 Å². The lowest BCUT2D eigenvalue weighted by Gasteiger charge is -2.06. The molecule has 0 amide bonds. The van der Waals surface area contributed by atoms with Crippen LogP contribution in [-0.4, -0.2) is 46.0 Å². The summed E-state index contributed by atoms with van der Waals surface area (Å²) < 4.78 is 11.8. The second-order valence-electron chi connectivity index (χ2n) is 5.95. The standard InChI is InChI=1S/C16H20IN3O2/c1-9(2)13-7-21-15(19-13)11-5-4-6-12(18-11)16-20-14(8-22-16)10(3)17/h4-6,9-10,13-14H,7-8H2,1-3H3/t10?,13-,14?/m1/s1. The summed E-state index contributed by atoms with van der Waals surface area (Å²) in [4.78, 5) is 13.8. The molecule has 2 aliphatic heterocycles. The fourth-order valence-corrected chi connectivity index (χ4v) is 2.68. The van der Waals surface area contributed by atoms with Gasteiger partial charge in [-0.25, -0.2) is 15.0 Å². The molecule has 5 nitrogen and oxygen atoms in total. The van der Waals surface area contributed by atoms with Crippen LogP contribution < -0.4 is 0 Å². The molecule has 1 aromatic heterocycles. The number of aromatic nitrogens is 1. The third-order valence-corrected chi connectivity index (χ3v) is 4.67. The number of pyridine rings is 1. The Hall–Kier alpha value is -1.18. The van der Waals surface area contributed by atoms with Crippen molar-refractivity contribution in [1.82, 2.24) is 4.98 Å². The summed E-state index contributed by atoms with van der Waals surface area (Å²) in [7, 11) is 0. The minimum Gasteiger partial charge on any atom is -0.474 e. The van der Waals surface area contributed by atoms with Crippen LogP contribution in [0.1, 0.15) is 32.2 Å². The zero-order valence-electron chi connectivity index (χ0n) is 13.0. The molecule has 3 rings (SSSR count). The zero-order valence-corrected chi connectivity index (χ0v) is 15.1. The van der Waals surface area contributed by atoms with Crippen LogP contribution in [0.3, 0.4) is 0 Å². The lowest BCUT2D eigenvalue weighted by molar-refractivity contribution is 0.291. The molecule has 3 heterocycles. The molecule has 0 aliphatic carbocycles. The van der Waals surface area contributed by atoms with E-state index >= 15 is 0 Å². The Kier molecular flexibility index (Phi) is 4.65. The predicted octanol–water partition coefficient (Wildman–Crippen LogP) is 2.85. The van der Waals surface area contributed by atoms with Crippen LogP contribution in [0.4, 0.5) is 0 Å². The van der Waals surface area contributed by atoms with Gasteiger partial charge in [0, 0.05) is 3.92 Å². The summed E-state index contributed by atoms with van der Waals surface area (Å²) in [6, 6.07) is 6.19. The number of aliphatic imine (C=N–C) groups is 2. The second-order valence-corrected chi connectivity index (χ2v) is 7.92. The van der Waals surface area contributed by atoms with Gasteiger partial charge in [0.1, 0.15) is 24.6 Å². The third kappa shape index (κ3) is 3.26. The van der Waals surface area contributed by atoms with E-state index in [0.29, 0.717) is 34.9 Å². The van der Waals surface area contributed by atoms with E-state index in [4.69, 9.17) is 9.47 Å². The third-order valence-electron chi connectivity index (χ3n) is 3.83. The fourth-order valence-electron chi connectivity index (χ4n) is 2.31. The van der Waals surface area contributed by atoms with Gasteiger partial charge in [-0.05, 0) is 18.1 Å². The highest BCUT2D eigenvalue weighted by atomic mass is 127. The molecule has 0 bridgehead atoms. The van der Waals surface area contributed by atoms with Gasteiger partial charge in [0.2, 0.25) is 11.8 Å². The molecule has 3 atom stereocenters. The lowest BCUT2D eigenvalue weighted by atomic mass is 10.1. The maximum atomic E-state index is 5.70. The van der Waals surface area contributed by atoms with Crippen molar-refractivity contribution < 1.29 is 9.47 Å². The van der Waals surface area contributed by atoms with Crippen molar-refractivity contribution in [2.45, 2.75) is 36.8 Å². The highest BCUT2D eigenvalue weighted by Crippen LogP contribution is 2.20. The van der Waals surface area contributed by atoms with Crippen molar-refractivity contribution in [2.75, 3.05) is 13.2 Å². The van der Waals surface area contributed by atoms with Crippen LogP contribution >= 0.6 is 22.6 Å². The molecule has 0 spiro atoms. The van der Waals surface area contributed by atoms with Gasteiger partial charge < -0.3 is 9.47 Å². The number of alkyl halides is 1. The molecule has 0 saturated carbocycles. The molecule has 118 valence electrons. The van der Waals surface area contributed by atoms with Crippen LogP contribution in [0.2, 0.25) is 0 Å². The average Bonchev–Trinajstić information content (AvgIpc) is 3.17. The lowest BCUT2D eigenvalue weighted by Crippen LogP contribution is -2.15. The number of nitrogens with zero attached hydrogens (tertiary/aromatic N) is 3. The summed E-state index contributed by atoms with van der Waals surface area (Å²) >= 11 is 2.37. The van der Waals surface area contributed by atoms with E-state index in [2.05, 4.69) is 58.3 Å². The van der Waals surface area contributed by atoms with Gasteiger partial charge in [0.15, 0.2) is 0 Å². The van der Waals surface area contributed by atoms with Crippen molar-refractivity contribution in [3.05, 3.63) is 29.6 Å². The van der Waals surface area contributed by atoms with E-state index in [1.165, 1.54) is 0 Å². The number of hydrogen-bond acceptors (Lipinski definition) is 5. The first-order chi connectivity index (χ1) is 10.5. The van der Waals surface area contributed by atoms with Crippen molar-refractivity contribution in [3.63, 3.8) is 0 Å². The first-order valence-electron chi connectivity index (χ1n) is 7.57. The average molecular weight is 413 g/mol. The molecule has 0 fully saturated rings. The van der Waals surface area contributed by atoms with Crippen LogP contribution in [-0.2, 0) is 9.47 Å². The minimum absolute atomic E-state index is 0.200. The first kappa shape index (κ1) is 15.7. The number of rotatable bonds is 4. The SMILES string of the molecule is CC(I)C1COC(c2cccc(C3=N[C@@H](C(C)C)CO3)n2)=N1. The number of hydrogen-bond donors (Lipinski definition) is 0. The topological polar surface area (TPSA) is 56.1 Å². The van der Waals surface area contributed by atoms with Gasteiger partial charge in [0.25, 0.3) is 0 Å². The first-order valence-corrected chi connectivity index (χ1v) is 8.82. The number of halogens is 1. The van der Waals surface area contributed by atoms with E-state index in [-0.39, 0.29) is 12.1 Å². The fraction of sp³-hybridized carbons (Fsp3) is 0.562. The molecule has 0 aromatic carbocycles. The van der Waals surface area contributed by atoms with Gasteiger partial charge >= 0.3 is 0 Å². The second kappa shape index (κ2) is 6.52. The molecule has 0 radical (unpaired) electrons. The van der Waals surface area contributed by atoms with Crippen LogP contribution in [0.25, 0.3) is 0 Å². The van der Waals surface area contributed by atoms with E-state index < -0.39 is 0 Å². The van der Waals surface area contributed by atoms with Gasteiger partial charge in [-0.1, -0.05) is 49.4 Å². The van der Waals surface area contributed by atoms with Crippen molar-refractivity contribution >= 4 is 34.4 Å². The predicted molar refractivity (Wildman–Crippen MR) is 95.1 cm³/mol. The molecule has 2 unspecified atom stereocenters. The molecular weight excluding hydrogens is 393 g/mol. The van der Waals surface area contributed by atoms with Crippen LogP contribution in [0.5, 0.6) is 0 Å². The normalized spacial score (nSPS) is 25.5. The highest BCUT2D eigenvalue weighted by molar-refractivity contribution is 14.1. The molecular formula is C16H20IN3O2. The Bertz CT molecular complexity index is 564. The molecule has 2 aliphatic rings. The smallest absolute Gasteiger partial charge is 0.235 e. The monoisotopic (exact) mass is 413 g/mol. The minimum atomic E-state index is 0.200. The van der Waals surface area contributed by atoms with Gasteiger partial charge in [-0.15, -0.1) is 0 Å². The summed E-state index contributed by atoms with van der Waals surface area (Å²) in [5.74, 6) is 1.71. The summed E-state index contributed by atoms with van der Waals surface area (Å²) in [5.41, 5.74) is 1.49. The van der Waals surface area contributed by atoms with E-state index in [1.54, 1.807) is 0 Å². The summed E-state index contributed by atoms with van der Waals surface area (Å²) in [6.45, 7) is 7.69.